The molecule has 20 nitrogen and oxygen atoms in total. The Balaban J connectivity index is 1.14. The maximum atomic E-state index is 13.2. The zero-order valence-corrected chi connectivity index (χ0v) is 32.3. The van der Waals surface area contributed by atoms with Gasteiger partial charge in [0.2, 0.25) is 47.8 Å². The molecule has 8 rings (SSSR count). The first-order chi connectivity index (χ1) is 28.5. The highest BCUT2D eigenvalue weighted by Crippen LogP contribution is 2.36. The van der Waals surface area contributed by atoms with Crippen molar-refractivity contribution >= 4 is 58.1 Å². The number of nitrogens with one attached hydrogen (secondary N) is 6. The Bertz CT molecular complexity index is 2520. The van der Waals surface area contributed by atoms with Gasteiger partial charge in [-0.3, -0.25) is 28.8 Å². The summed E-state index contributed by atoms with van der Waals surface area (Å²) in [5, 5.41) is 26.8. The molecule has 59 heavy (non-hydrogen) atoms. The summed E-state index contributed by atoms with van der Waals surface area (Å²) in [6.07, 6.45) is 7.67. The van der Waals surface area contributed by atoms with Crippen LogP contribution in [0.5, 0.6) is 0 Å². The van der Waals surface area contributed by atoms with Crippen LogP contribution in [0.2, 0.25) is 0 Å². The highest BCUT2D eigenvalue weighted by molar-refractivity contribution is 5.91. The van der Waals surface area contributed by atoms with Crippen LogP contribution in [0.25, 0.3) is 34.3 Å². The number of hydrogen-bond acceptors (Lipinski definition) is 8. The number of aromatic nitrogens is 8. The molecule has 2 aliphatic rings. The van der Waals surface area contributed by atoms with Crippen LogP contribution in [-0.2, 0) is 34.7 Å². The molecular formula is C39H42N14O6+4. The molecule has 0 aromatic carbocycles. The van der Waals surface area contributed by atoms with E-state index in [0.717, 1.165) is 23.0 Å². The van der Waals surface area contributed by atoms with Crippen LogP contribution < -0.4 is 49.8 Å². The Morgan fingerprint density at radius 2 is 0.949 bits per heavy atom. The molecule has 1 spiro atoms. The molecule has 6 amide bonds. The van der Waals surface area contributed by atoms with Crippen molar-refractivity contribution in [3.05, 3.63) is 85.5 Å². The highest BCUT2D eigenvalue weighted by atomic mass is 16.2. The van der Waals surface area contributed by atoms with Crippen LogP contribution in [0.15, 0.2) is 85.5 Å². The van der Waals surface area contributed by atoms with Crippen molar-refractivity contribution in [3.8, 4) is 23.0 Å². The van der Waals surface area contributed by atoms with Crippen molar-refractivity contribution in [2.45, 2.75) is 45.4 Å². The van der Waals surface area contributed by atoms with E-state index in [1.54, 1.807) is 12.1 Å². The Morgan fingerprint density at radius 1 is 0.542 bits per heavy atom. The number of fused-ring (bicyclic) bond motifs is 14. The minimum absolute atomic E-state index is 0.00750. The molecule has 0 unspecified atom stereocenters. The Morgan fingerprint density at radius 3 is 1.37 bits per heavy atom. The third kappa shape index (κ3) is 7.15. The molecule has 2 aliphatic heterocycles. The zero-order valence-electron chi connectivity index (χ0n) is 32.3. The minimum Gasteiger partial charge on any atom is -0.356 e. The first kappa shape index (κ1) is 38.2. The number of hydrogen-bond donors (Lipinski definition) is 6. The first-order valence-corrected chi connectivity index (χ1v) is 19.1. The molecule has 0 saturated carbocycles. The van der Waals surface area contributed by atoms with Crippen LogP contribution in [-0.4, -0.2) is 81.2 Å². The molecule has 0 saturated heterocycles. The number of nitrogens with zero attached hydrogens (tertiary/aromatic N) is 8. The third-order valence-corrected chi connectivity index (χ3v) is 9.88. The zero-order chi connectivity index (χ0) is 41.3. The van der Waals surface area contributed by atoms with Crippen LogP contribution in [0.3, 0.4) is 0 Å². The molecule has 300 valence electrons. The number of anilines is 2. The minimum atomic E-state index is -1.39. The molecule has 0 bridgehead atoms. The number of pyridine rings is 4. The summed E-state index contributed by atoms with van der Waals surface area (Å²) in [7, 11) is 0. The summed E-state index contributed by atoms with van der Waals surface area (Å²) in [5.74, 6) is -1.62. The highest BCUT2D eigenvalue weighted by Gasteiger charge is 2.81. The number of carbonyl (C=O) groups is 6. The van der Waals surface area contributed by atoms with Gasteiger partial charge in [0, 0.05) is 90.0 Å². The second-order valence-corrected chi connectivity index (χ2v) is 14.0. The van der Waals surface area contributed by atoms with Gasteiger partial charge in [0.25, 0.3) is 11.4 Å². The van der Waals surface area contributed by atoms with Gasteiger partial charge < -0.3 is 31.9 Å². The molecule has 0 fully saturated rings. The van der Waals surface area contributed by atoms with E-state index < -0.39 is 5.91 Å². The average Bonchev–Trinajstić information content (AvgIpc) is 3.92. The van der Waals surface area contributed by atoms with Crippen molar-refractivity contribution in [1.29, 1.82) is 0 Å². The average molecular weight is 803 g/mol. The lowest BCUT2D eigenvalue weighted by Gasteiger charge is -2.10. The molecule has 6 N–H and O–H groups in total. The molecule has 0 atom stereocenters. The molecule has 6 aromatic rings. The lowest BCUT2D eigenvalue weighted by atomic mass is 10.2. The second-order valence-electron chi connectivity index (χ2n) is 14.0. The van der Waals surface area contributed by atoms with Gasteiger partial charge in [0.15, 0.2) is 0 Å². The molecule has 8 heterocycles. The molecule has 0 radical (unpaired) electrons. The van der Waals surface area contributed by atoms with Crippen molar-refractivity contribution in [2.24, 2.45) is 0 Å². The fourth-order valence-electron chi connectivity index (χ4n) is 7.36. The first-order valence-electron chi connectivity index (χ1n) is 19.1. The number of amides is 6. The predicted octanol–water partition coefficient (Wildman–Crippen LogP) is -1.75. The van der Waals surface area contributed by atoms with Gasteiger partial charge in [-0.05, 0) is 33.4 Å². The van der Waals surface area contributed by atoms with E-state index in [-0.39, 0.29) is 87.3 Å². The monoisotopic (exact) mass is 802 g/mol. The SMILES string of the molecule is CC(=O)NCCC(=O)NCCC(=O)Nc1ccc2[n+](c1)C1(n3nc4cccc[n+]4c3-2)n2nc3cccc[n+]3c2-c2ccc(NC(=O)CCNC(=O)CCNC(C)=O)c[n+]21. The van der Waals surface area contributed by atoms with E-state index in [2.05, 4.69) is 31.9 Å². The standard InChI is InChI=1S/C39H38N14O6/c1-25(54)40-17-13-33(56)42-19-15-35(58)44-27-9-11-29-37-48-21-5-3-7-31(48)46-52(37)39(50(29)23-27)51-24-28(45-36(59)16-20-43-34(57)14-18-41-26(2)55)10-12-30(51)38-49-22-6-4-8-32(49)47-53(38)39/h3-12,21-24H,13-20H2,1-2H3,(H2-2,40,41,42,43,54,55,56,57)/p+4. The van der Waals surface area contributed by atoms with Crippen LogP contribution in [0, 0.1) is 0 Å². The van der Waals surface area contributed by atoms with Crippen molar-refractivity contribution in [1.82, 2.24) is 40.8 Å². The van der Waals surface area contributed by atoms with E-state index in [1.807, 2.05) is 101 Å². The lowest BCUT2D eigenvalue weighted by Crippen LogP contribution is -2.77. The quantitative estimate of drug-likeness (QED) is 0.0690. The second kappa shape index (κ2) is 15.7. The smallest absolute Gasteiger partial charge is 0.356 e. The van der Waals surface area contributed by atoms with Gasteiger partial charge >= 0.3 is 28.9 Å². The molecular weight excluding hydrogens is 761 g/mol. The molecule has 6 aromatic heterocycles. The van der Waals surface area contributed by atoms with E-state index in [4.69, 9.17) is 10.2 Å². The Hall–Kier alpha value is -7.64. The maximum Gasteiger partial charge on any atom is 0.693 e. The number of rotatable bonds is 14. The fourth-order valence-corrected chi connectivity index (χ4v) is 7.36. The van der Waals surface area contributed by atoms with E-state index >= 15 is 0 Å². The number of carbonyl (C=O) groups excluding carboxylic acids is 6. The van der Waals surface area contributed by atoms with E-state index in [1.165, 1.54) is 13.8 Å². The van der Waals surface area contributed by atoms with E-state index in [0.29, 0.717) is 22.7 Å². The van der Waals surface area contributed by atoms with Crippen molar-refractivity contribution < 1.29 is 46.7 Å². The van der Waals surface area contributed by atoms with E-state index in [9.17, 15) is 28.8 Å². The topological polar surface area (TPSA) is 226 Å². The predicted molar refractivity (Wildman–Crippen MR) is 205 cm³/mol. The van der Waals surface area contributed by atoms with Crippen LogP contribution in [0.4, 0.5) is 11.4 Å². The summed E-state index contributed by atoms with van der Waals surface area (Å²) < 4.78 is 11.6. The summed E-state index contributed by atoms with van der Waals surface area (Å²) in [6, 6.07) is 18.8. The maximum absolute atomic E-state index is 13.2. The van der Waals surface area contributed by atoms with Crippen LogP contribution >= 0.6 is 0 Å². The van der Waals surface area contributed by atoms with Gasteiger partial charge in [-0.1, -0.05) is 12.1 Å². The lowest BCUT2D eigenvalue weighted by molar-refractivity contribution is -0.990. The van der Waals surface area contributed by atoms with Crippen molar-refractivity contribution in [2.75, 3.05) is 36.8 Å². The summed E-state index contributed by atoms with van der Waals surface area (Å²) in [4.78, 5) is 73.1. The van der Waals surface area contributed by atoms with Gasteiger partial charge in [-0.15, -0.1) is 0 Å². The largest absolute Gasteiger partial charge is 0.693 e. The van der Waals surface area contributed by atoms with Gasteiger partial charge in [-0.2, -0.15) is 8.80 Å². The molecule has 20 heteroatoms. The van der Waals surface area contributed by atoms with Gasteiger partial charge in [0.05, 0.1) is 32.0 Å². The van der Waals surface area contributed by atoms with Crippen LogP contribution in [0.1, 0.15) is 39.5 Å². The van der Waals surface area contributed by atoms with Gasteiger partial charge in [-0.25, -0.2) is 0 Å². The Labute approximate surface area is 335 Å². The normalized spacial score (nSPS) is 12.6. The summed E-state index contributed by atoms with van der Waals surface area (Å²) >= 11 is 0. The van der Waals surface area contributed by atoms with Crippen molar-refractivity contribution in [3.63, 3.8) is 0 Å². The summed E-state index contributed by atoms with van der Waals surface area (Å²) in [5.41, 5.74) is 3.78. The Kier molecular flexibility index (Phi) is 10.2. The molecule has 0 aliphatic carbocycles. The fraction of sp³-hybridized carbons (Fsp3) is 0.282. The summed E-state index contributed by atoms with van der Waals surface area (Å²) in [6.45, 7) is 3.37. The third-order valence-electron chi connectivity index (χ3n) is 9.88. The van der Waals surface area contributed by atoms with Gasteiger partial charge in [0.1, 0.15) is 11.4 Å².